The van der Waals surface area contributed by atoms with Gasteiger partial charge in [0.1, 0.15) is 0 Å². The number of aliphatic hydroxyl groups is 1. The topological polar surface area (TPSA) is 64.1 Å². The standard InChI is InChI=1S/C25H35Cl2N3O3/c1-25(2)18-28(13-9-22(25)31)11-3-4-12-29-15-16-30(14-10-24(29)33)23(32)8-6-19-5-7-20(26)21(27)17-19/h5-8,17,22,31H,3-4,9-16,18H2,1-2H3. The van der Waals surface area contributed by atoms with E-state index in [4.69, 9.17) is 23.2 Å². The van der Waals surface area contributed by atoms with Gasteiger partial charge < -0.3 is 19.8 Å². The Balaban J connectivity index is 1.42. The number of piperidine rings is 1. The summed E-state index contributed by atoms with van der Waals surface area (Å²) in [5.41, 5.74) is 0.736. The van der Waals surface area contributed by atoms with Crippen LogP contribution in [0.4, 0.5) is 0 Å². The molecule has 2 amide bonds. The van der Waals surface area contributed by atoms with Crippen LogP contribution >= 0.6 is 23.2 Å². The number of rotatable bonds is 7. The lowest BCUT2D eigenvalue weighted by Crippen LogP contribution is -2.48. The minimum atomic E-state index is -0.229. The van der Waals surface area contributed by atoms with Crippen molar-refractivity contribution in [2.75, 3.05) is 45.8 Å². The Morgan fingerprint density at radius 1 is 1.12 bits per heavy atom. The van der Waals surface area contributed by atoms with Crippen molar-refractivity contribution in [2.45, 2.75) is 45.6 Å². The second-order valence-corrected chi connectivity index (χ2v) is 10.6. The van der Waals surface area contributed by atoms with E-state index in [0.29, 0.717) is 36.1 Å². The van der Waals surface area contributed by atoms with Crippen LogP contribution in [0.2, 0.25) is 10.0 Å². The van der Waals surface area contributed by atoms with Crippen LogP contribution in [0, 0.1) is 5.41 Å². The first kappa shape index (κ1) is 26.0. The van der Waals surface area contributed by atoms with Crippen molar-refractivity contribution in [2.24, 2.45) is 5.41 Å². The van der Waals surface area contributed by atoms with Gasteiger partial charge in [-0.25, -0.2) is 0 Å². The molecule has 1 aromatic rings. The molecule has 0 spiro atoms. The molecule has 2 aliphatic heterocycles. The first-order chi connectivity index (χ1) is 15.7. The van der Waals surface area contributed by atoms with Gasteiger partial charge in [-0.15, -0.1) is 0 Å². The Kier molecular flexibility index (Phi) is 9.22. The molecule has 1 unspecified atom stereocenters. The van der Waals surface area contributed by atoms with Crippen molar-refractivity contribution >= 4 is 41.1 Å². The zero-order valence-electron chi connectivity index (χ0n) is 19.6. The summed E-state index contributed by atoms with van der Waals surface area (Å²) in [6, 6.07) is 5.22. The number of hydrogen-bond donors (Lipinski definition) is 1. The van der Waals surface area contributed by atoms with E-state index in [-0.39, 0.29) is 23.3 Å². The fourth-order valence-electron chi connectivity index (χ4n) is 4.50. The van der Waals surface area contributed by atoms with Crippen molar-refractivity contribution in [3.05, 3.63) is 39.9 Å². The Bertz CT molecular complexity index is 874. The maximum absolute atomic E-state index is 12.6. The smallest absolute Gasteiger partial charge is 0.246 e. The van der Waals surface area contributed by atoms with Crippen LogP contribution in [0.15, 0.2) is 24.3 Å². The highest BCUT2D eigenvalue weighted by atomic mass is 35.5. The Morgan fingerprint density at radius 3 is 2.61 bits per heavy atom. The van der Waals surface area contributed by atoms with Gasteiger partial charge in [-0.1, -0.05) is 43.1 Å². The number of aliphatic hydroxyl groups excluding tert-OH is 1. The third-order valence-electron chi connectivity index (χ3n) is 6.67. The number of carbonyl (C=O) groups is 2. The first-order valence-corrected chi connectivity index (χ1v) is 12.5. The maximum atomic E-state index is 12.6. The van der Waals surface area contributed by atoms with E-state index < -0.39 is 0 Å². The van der Waals surface area contributed by atoms with Crippen LogP contribution in [0.25, 0.3) is 6.08 Å². The van der Waals surface area contributed by atoms with E-state index in [2.05, 4.69) is 18.7 Å². The summed E-state index contributed by atoms with van der Waals surface area (Å²) in [5, 5.41) is 11.0. The van der Waals surface area contributed by atoms with Gasteiger partial charge in [0.2, 0.25) is 11.8 Å². The van der Waals surface area contributed by atoms with Crippen LogP contribution in [0.3, 0.4) is 0 Å². The predicted octanol–water partition coefficient (Wildman–Crippen LogP) is 3.94. The number of nitrogens with zero attached hydrogens (tertiary/aromatic N) is 3. The molecule has 0 aromatic heterocycles. The number of halogens is 2. The van der Waals surface area contributed by atoms with Crippen LogP contribution < -0.4 is 0 Å². The average Bonchev–Trinajstić information content (AvgIpc) is 2.95. The molecule has 6 nitrogen and oxygen atoms in total. The molecule has 0 radical (unpaired) electrons. The summed E-state index contributed by atoms with van der Waals surface area (Å²) in [5.74, 6) is 0.00612. The van der Waals surface area contributed by atoms with Gasteiger partial charge in [-0.05, 0) is 49.6 Å². The summed E-state index contributed by atoms with van der Waals surface area (Å²) < 4.78 is 0. The zero-order chi connectivity index (χ0) is 24.0. The van der Waals surface area contributed by atoms with Crippen molar-refractivity contribution < 1.29 is 14.7 Å². The number of amides is 2. The van der Waals surface area contributed by atoms with Gasteiger partial charge in [0, 0.05) is 57.2 Å². The highest BCUT2D eigenvalue weighted by Gasteiger charge is 2.34. The zero-order valence-corrected chi connectivity index (χ0v) is 21.1. The molecule has 2 heterocycles. The van der Waals surface area contributed by atoms with Gasteiger partial charge in [0.05, 0.1) is 16.1 Å². The molecular weight excluding hydrogens is 461 g/mol. The molecule has 8 heteroatoms. The Labute approximate surface area is 207 Å². The highest BCUT2D eigenvalue weighted by Crippen LogP contribution is 2.29. The quantitative estimate of drug-likeness (QED) is 0.459. The predicted molar refractivity (Wildman–Crippen MR) is 133 cm³/mol. The molecule has 182 valence electrons. The molecule has 33 heavy (non-hydrogen) atoms. The number of carbonyl (C=O) groups excluding carboxylic acids is 2. The molecule has 2 aliphatic rings. The fourth-order valence-corrected chi connectivity index (χ4v) is 4.80. The van der Waals surface area contributed by atoms with Crippen molar-refractivity contribution in [1.82, 2.24) is 14.7 Å². The van der Waals surface area contributed by atoms with E-state index in [1.54, 1.807) is 29.2 Å². The number of unbranched alkanes of at least 4 members (excludes halogenated alkanes) is 1. The summed E-state index contributed by atoms with van der Waals surface area (Å²) in [6.45, 7) is 9.32. The molecule has 3 rings (SSSR count). The number of hydrogen-bond acceptors (Lipinski definition) is 4. The van der Waals surface area contributed by atoms with Crippen molar-refractivity contribution in [3.63, 3.8) is 0 Å². The van der Waals surface area contributed by atoms with Crippen LogP contribution in [-0.4, -0.2) is 83.5 Å². The molecule has 2 saturated heterocycles. The summed E-state index contributed by atoms with van der Waals surface area (Å²) in [7, 11) is 0. The second-order valence-electron chi connectivity index (χ2n) is 9.74. The van der Waals surface area contributed by atoms with E-state index >= 15 is 0 Å². The largest absolute Gasteiger partial charge is 0.392 e. The lowest BCUT2D eigenvalue weighted by atomic mass is 9.81. The van der Waals surface area contributed by atoms with Crippen LogP contribution in [0.1, 0.15) is 45.1 Å². The fraction of sp³-hybridized carbons (Fsp3) is 0.600. The van der Waals surface area contributed by atoms with Gasteiger partial charge in [0.15, 0.2) is 0 Å². The monoisotopic (exact) mass is 495 g/mol. The lowest BCUT2D eigenvalue weighted by molar-refractivity contribution is -0.130. The van der Waals surface area contributed by atoms with Gasteiger partial charge in [-0.2, -0.15) is 0 Å². The lowest BCUT2D eigenvalue weighted by Gasteiger charge is -2.41. The van der Waals surface area contributed by atoms with Gasteiger partial charge >= 0.3 is 0 Å². The SMILES string of the molecule is CC1(C)CN(CCCCN2CCN(C(=O)C=Cc3ccc(Cl)c(Cl)c3)CCC2=O)CCC1O. The summed E-state index contributed by atoms with van der Waals surface area (Å²) in [4.78, 5) is 31.2. The molecule has 1 atom stereocenters. The average molecular weight is 496 g/mol. The van der Waals surface area contributed by atoms with E-state index in [1.807, 2.05) is 4.90 Å². The van der Waals surface area contributed by atoms with E-state index in [9.17, 15) is 14.7 Å². The second kappa shape index (κ2) is 11.7. The Hall–Kier alpha value is -1.60. The maximum Gasteiger partial charge on any atom is 0.246 e. The number of likely N-dealkylation sites (tertiary alicyclic amines) is 1. The Morgan fingerprint density at radius 2 is 1.88 bits per heavy atom. The molecular formula is C25H35Cl2N3O3. The van der Waals surface area contributed by atoms with Crippen LogP contribution in [0.5, 0.6) is 0 Å². The number of benzene rings is 1. The molecule has 2 fully saturated rings. The third-order valence-corrected chi connectivity index (χ3v) is 7.41. The first-order valence-electron chi connectivity index (χ1n) is 11.8. The van der Waals surface area contributed by atoms with Crippen molar-refractivity contribution in [1.29, 1.82) is 0 Å². The van der Waals surface area contributed by atoms with Crippen LogP contribution in [-0.2, 0) is 9.59 Å². The van der Waals surface area contributed by atoms with Gasteiger partial charge in [-0.3, -0.25) is 9.59 Å². The summed E-state index contributed by atoms with van der Waals surface area (Å²) in [6.07, 6.45) is 6.15. The van der Waals surface area contributed by atoms with Gasteiger partial charge in [0.25, 0.3) is 0 Å². The molecule has 1 aromatic carbocycles. The molecule has 0 saturated carbocycles. The minimum Gasteiger partial charge on any atom is -0.392 e. The molecule has 1 N–H and O–H groups in total. The summed E-state index contributed by atoms with van der Waals surface area (Å²) >= 11 is 12.0. The third kappa shape index (κ3) is 7.44. The van der Waals surface area contributed by atoms with E-state index in [0.717, 1.165) is 51.0 Å². The molecule has 0 aliphatic carbocycles. The normalized spacial score (nSPS) is 22.1. The minimum absolute atomic E-state index is 0.0662. The molecule has 0 bridgehead atoms. The highest BCUT2D eigenvalue weighted by molar-refractivity contribution is 6.42. The van der Waals surface area contributed by atoms with E-state index in [1.165, 1.54) is 6.08 Å². The van der Waals surface area contributed by atoms with Crippen molar-refractivity contribution in [3.8, 4) is 0 Å².